The summed E-state index contributed by atoms with van der Waals surface area (Å²) in [5, 5.41) is 9.20. The van der Waals surface area contributed by atoms with Gasteiger partial charge in [0.15, 0.2) is 0 Å². The van der Waals surface area contributed by atoms with Crippen LogP contribution in [0, 0.1) is 25.7 Å². The van der Waals surface area contributed by atoms with E-state index in [0.717, 1.165) is 55.3 Å². The number of unbranched alkanes of at least 4 members (excludes halogenated alkanes) is 3. The molecule has 3 amide bonds. The number of likely N-dealkylation sites (N-methyl/N-ethyl adjacent to an activating group) is 1. The number of fused-ring (bicyclic) bond motifs is 1. The minimum Gasteiger partial charge on any atom is -0.396 e. The van der Waals surface area contributed by atoms with Crippen LogP contribution in [0.25, 0.3) is 0 Å². The predicted molar refractivity (Wildman–Crippen MR) is 162 cm³/mol. The van der Waals surface area contributed by atoms with Crippen molar-refractivity contribution in [2.24, 2.45) is 11.8 Å². The fourth-order valence-electron chi connectivity index (χ4n) is 7.18. The van der Waals surface area contributed by atoms with Crippen molar-refractivity contribution < 1.29 is 19.5 Å². The van der Waals surface area contributed by atoms with Gasteiger partial charge in [-0.25, -0.2) is 0 Å². The first-order valence-corrected chi connectivity index (χ1v) is 15.3. The van der Waals surface area contributed by atoms with Gasteiger partial charge >= 0.3 is 0 Å². The van der Waals surface area contributed by atoms with Crippen LogP contribution in [0.15, 0.2) is 43.5 Å². The average molecular weight is 568 g/mol. The third-order valence-corrected chi connectivity index (χ3v) is 11.1. The summed E-state index contributed by atoms with van der Waals surface area (Å²) in [4.78, 5) is 48.2. The highest BCUT2D eigenvalue weighted by molar-refractivity contribution is 8.02. The summed E-state index contributed by atoms with van der Waals surface area (Å²) in [6.45, 7) is 15.2. The van der Waals surface area contributed by atoms with E-state index in [9.17, 15) is 19.5 Å². The van der Waals surface area contributed by atoms with E-state index in [2.05, 4.69) is 20.1 Å². The van der Waals surface area contributed by atoms with Gasteiger partial charge in [-0.2, -0.15) is 0 Å². The fourth-order valence-corrected chi connectivity index (χ4v) is 9.53. The van der Waals surface area contributed by atoms with Crippen molar-refractivity contribution in [1.29, 1.82) is 0 Å². The van der Waals surface area contributed by atoms with Crippen molar-refractivity contribution in [3.8, 4) is 0 Å². The van der Waals surface area contributed by atoms with Gasteiger partial charge in [0.25, 0.3) is 5.91 Å². The number of hydrogen-bond donors (Lipinski definition) is 1. The highest BCUT2D eigenvalue weighted by Gasteiger charge is 2.77. The van der Waals surface area contributed by atoms with Crippen molar-refractivity contribution in [2.75, 3.05) is 38.2 Å². The van der Waals surface area contributed by atoms with Crippen LogP contribution in [0.5, 0.6) is 0 Å². The standard InChI is InChI=1S/C32H45N3O4S/c1-7-17-33(6)28(37)25-26-29(38)35(19-11-9-10-12-20-36)27(32(26)16-15-31(25,5)40-32)30(39)34(18-8-2)24-21-22(3)13-14-23(24)4/h7-8,13-14,21,25-27,36H,1-2,9-12,15-20H2,3-6H3/t25-,26+,27?,31+,32?/m1/s1. The Hall–Kier alpha value is -2.58. The number of aryl methyl sites for hydroxylation is 2. The summed E-state index contributed by atoms with van der Waals surface area (Å²) in [5.74, 6) is -1.22. The van der Waals surface area contributed by atoms with Crippen molar-refractivity contribution in [3.05, 3.63) is 54.6 Å². The molecule has 1 aromatic carbocycles. The Morgan fingerprint density at radius 2 is 1.80 bits per heavy atom. The number of benzene rings is 1. The molecule has 3 aliphatic rings. The number of anilines is 1. The summed E-state index contributed by atoms with van der Waals surface area (Å²) >= 11 is 1.71. The molecule has 4 rings (SSSR count). The van der Waals surface area contributed by atoms with E-state index >= 15 is 0 Å². The SMILES string of the molecule is C=CCN(C)C(=O)[C@H]1[C@H]2C(=O)N(CCCCCCO)C(C(=O)N(CC=C)c3cc(C)ccc3C)C23CC[C@]1(C)S3. The second-order valence-electron chi connectivity index (χ2n) is 11.9. The monoisotopic (exact) mass is 567 g/mol. The molecule has 2 unspecified atom stereocenters. The number of carbonyl (C=O) groups is 3. The number of carbonyl (C=O) groups excluding carboxylic acids is 3. The van der Waals surface area contributed by atoms with Crippen molar-refractivity contribution in [3.63, 3.8) is 0 Å². The molecule has 8 heteroatoms. The molecule has 1 spiro atoms. The molecule has 3 fully saturated rings. The zero-order chi connectivity index (χ0) is 29.2. The Kier molecular flexibility index (Phi) is 9.20. The van der Waals surface area contributed by atoms with E-state index in [1.165, 1.54) is 0 Å². The molecular formula is C32H45N3O4S. The minimum atomic E-state index is -0.656. The number of hydrogen-bond acceptors (Lipinski definition) is 5. The molecule has 3 heterocycles. The third kappa shape index (κ3) is 5.13. The zero-order valence-electron chi connectivity index (χ0n) is 24.5. The van der Waals surface area contributed by atoms with Crippen LogP contribution in [0.4, 0.5) is 5.69 Å². The number of aliphatic hydroxyl groups is 1. The van der Waals surface area contributed by atoms with Gasteiger partial charge in [-0.1, -0.05) is 37.1 Å². The lowest BCUT2D eigenvalue weighted by Crippen LogP contribution is -2.55. The lowest BCUT2D eigenvalue weighted by atomic mass is 9.66. The maximum absolute atomic E-state index is 14.8. The number of aliphatic hydroxyl groups excluding tert-OH is 1. The quantitative estimate of drug-likeness (QED) is 0.280. The van der Waals surface area contributed by atoms with Crippen LogP contribution < -0.4 is 4.90 Å². The van der Waals surface area contributed by atoms with E-state index in [1.807, 2.05) is 32.0 Å². The molecule has 3 saturated heterocycles. The Morgan fingerprint density at radius 3 is 2.48 bits per heavy atom. The lowest BCUT2D eigenvalue weighted by Gasteiger charge is -2.38. The van der Waals surface area contributed by atoms with Crippen LogP contribution in [-0.4, -0.2) is 81.5 Å². The summed E-state index contributed by atoms with van der Waals surface area (Å²) in [6.07, 6.45) is 8.17. The van der Waals surface area contributed by atoms with Crippen LogP contribution in [0.2, 0.25) is 0 Å². The molecule has 218 valence electrons. The van der Waals surface area contributed by atoms with Gasteiger partial charge in [-0.3, -0.25) is 14.4 Å². The number of nitrogens with zero attached hydrogens (tertiary/aromatic N) is 3. The van der Waals surface area contributed by atoms with E-state index < -0.39 is 27.4 Å². The molecule has 5 atom stereocenters. The Bertz CT molecular complexity index is 1170. The van der Waals surface area contributed by atoms with Gasteiger partial charge in [0, 0.05) is 43.7 Å². The Balaban J connectivity index is 1.77. The second kappa shape index (κ2) is 12.1. The van der Waals surface area contributed by atoms with Crippen molar-refractivity contribution in [2.45, 2.75) is 74.8 Å². The van der Waals surface area contributed by atoms with Crippen molar-refractivity contribution in [1.82, 2.24) is 9.80 Å². The van der Waals surface area contributed by atoms with E-state index in [0.29, 0.717) is 19.6 Å². The predicted octanol–water partition coefficient (Wildman–Crippen LogP) is 4.50. The maximum atomic E-state index is 14.8. The largest absolute Gasteiger partial charge is 0.396 e. The zero-order valence-corrected chi connectivity index (χ0v) is 25.3. The Morgan fingerprint density at radius 1 is 1.10 bits per heavy atom. The maximum Gasteiger partial charge on any atom is 0.251 e. The van der Waals surface area contributed by atoms with Crippen LogP contribution in [0.3, 0.4) is 0 Å². The molecule has 1 N–H and O–H groups in total. The fraction of sp³-hybridized carbons (Fsp3) is 0.594. The molecule has 0 aromatic heterocycles. The Labute approximate surface area is 243 Å². The number of thioether (sulfide) groups is 1. The molecule has 2 bridgehead atoms. The smallest absolute Gasteiger partial charge is 0.251 e. The summed E-state index contributed by atoms with van der Waals surface area (Å²) in [5.41, 5.74) is 2.88. The minimum absolute atomic E-state index is 0.0386. The molecule has 40 heavy (non-hydrogen) atoms. The van der Waals surface area contributed by atoms with Crippen molar-refractivity contribution >= 4 is 35.2 Å². The molecule has 0 saturated carbocycles. The molecule has 0 radical (unpaired) electrons. The van der Waals surface area contributed by atoms with Crippen LogP contribution in [-0.2, 0) is 14.4 Å². The van der Waals surface area contributed by atoms with Gasteiger partial charge in [0.05, 0.1) is 16.6 Å². The van der Waals surface area contributed by atoms with E-state index in [1.54, 1.807) is 45.7 Å². The molecule has 0 aliphatic carbocycles. The lowest BCUT2D eigenvalue weighted by molar-refractivity contribution is -0.144. The first-order valence-electron chi connectivity index (χ1n) is 14.5. The first-order chi connectivity index (χ1) is 19.1. The summed E-state index contributed by atoms with van der Waals surface area (Å²) in [7, 11) is 1.77. The first kappa shape index (κ1) is 30.4. The third-order valence-electron chi connectivity index (χ3n) is 9.10. The highest BCUT2D eigenvalue weighted by Crippen LogP contribution is 2.71. The number of rotatable bonds is 13. The average Bonchev–Trinajstić information content (AvgIpc) is 3.48. The summed E-state index contributed by atoms with van der Waals surface area (Å²) < 4.78 is -1.05. The number of likely N-dealkylation sites (tertiary alicyclic amines) is 1. The van der Waals surface area contributed by atoms with E-state index in [-0.39, 0.29) is 24.3 Å². The molecule has 3 aliphatic heterocycles. The topological polar surface area (TPSA) is 81.2 Å². The van der Waals surface area contributed by atoms with E-state index in [4.69, 9.17) is 0 Å². The second-order valence-corrected chi connectivity index (χ2v) is 13.8. The normalized spacial score (nSPS) is 28.5. The summed E-state index contributed by atoms with van der Waals surface area (Å²) in [6, 6.07) is 5.43. The van der Waals surface area contributed by atoms with Gasteiger partial charge in [0.2, 0.25) is 11.8 Å². The molecule has 7 nitrogen and oxygen atoms in total. The van der Waals surface area contributed by atoms with Crippen LogP contribution >= 0.6 is 11.8 Å². The van der Waals surface area contributed by atoms with Gasteiger partial charge in [-0.05, 0) is 63.6 Å². The van der Waals surface area contributed by atoms with Gasteiger partial charge < -0.3 is 19.8 Å². The van der Waals surface area contributed by atoms with Gasteiger partial charge in [0.1, 0.15) is 6.04 Å². The number of amides is 3. The van der Waals surface area contributed by atoms with Crippen LogP contribution in [0.1, 0.15) is 56.6 Å². The van der Waals surface area contributed by atoms with Gasteiger partial charge in [-0.15, -0.1) is 24.9 Å². The molecule has 1 aromatic rings. The highest BCUT2D eigenvalue weighted by atomic mass is 32.2. The molecular weight excluding hydrogens is 522 g/mol.